The van der Waals surface area contributed by atoms with E-state index < -0.39 is 12.0 Å². The number of aliphatic imine (C=N–C) groups is 1. The predicted molar refractivity (Wildman–Crippen MR) is 126 cm³/mol. The smallest absolute Gasteiger partial charge is 0.338 e. The Balaban J connectivity index is 1.64. The molecule has 2 aliphatic heterocycles. The van der Waals surface area contributed by atoms with Crippen LogP contribution in [0.2, 0.25) is 0 Å². The summed E-state index contributed by atoms with van der Waals surface area (Å²) in [6, 6.07) is 12.5. The van der Waals surface area contributed by atoms with Crippen molar-refractivity contribution >= 4 is 28.8 Å². The molecule has 0 radical (unpaired) electrons. The Morgan fingerprint density at radius 1 is 1.15 bits per heavy atom. The number of amides is 1. The minimum absolute atomic E-state index is 0.123. The standard InChI is InChI=1S/C24H24N4O4S/c1-15-21(23(30)32-3)22(18-9-4-5-10-19(18)31-2)28-17(14-33-24(28)27-15)12-20(29)26-13-16-8-6-7-11-25-16/h4-11,14,22H,12-13H2,1-3H3,(H,26,29)/t22-/m1/s1. The summed E-state index contributed by atoms with van der Waals surface area (Å²) in [5, 5.41) is 5.50. The van der Waals surface area contributed by atoms with Crippen LogP contribution in [-0.2, 0) is 20.9 Å². The number of nitrogens with one attached hydrogen (secondary N) is 1. The number of carbonyl (C=O) groups excluding carboxylic acids is 2. The molecular formula is C24H24N4O4S. The molecule has 0 bridgehead atoms. The molecule has 1 atom stereocenters. The Bertz CT molecular complexity index is 1160. The molecule has 8 nitrogen and oxygen atoms in total. The Labute approximate surface area is 196 Å². The van der Waals surface area contributed by atoms with E-state index in [-0.39, 0.29) is 12.3 Å². The third kappa shape index (κ3) is 4.63. The summed E-state index contributed by atoms with van der Waals surface area (Å²) in [5.74, 6) is 0.00860. The van der Waals surface area contributed by atoms with E-state index in [1.54, 1.807) is 20.2 Å². The molecule has 0 saturated carbocycles. The number of pyridine rings is 1. The number of allylic oxidation sites excluding steroid dienone is 1. The van der Waals surface area contributed by atoms with Crippen LogP contribution in [0.5, 0.6) is 5.75 Å². The van der Waals surface area contributed by atoms with Crippen molar-refractivity contribution in [3.63, 3.8) is 0 Å². The van der Waals surface area contributed by atoms with Gasteiger partial charge in [-0.1, -0.05) is 36.0 Å². The fourth-order valence-electron chi connectivity index (χ4n) is 3.85. The van der Waals surface area contributed by atoms with Gasteiger partial charge in [0.2, 0.25) is 5.91 Å². The number of benzene rings is 1. The van der Waals surface area contributed by atoms with Crippen LogP contribution in [0, 0.1) is 0 Å². The second-order valence-corrected chi connectivity index (χ2v) is 8.24. The van der Waals surface area contributed by atoms with Crippen molar-refractivity contribution in [1.29, 1.82) is 0 Å². The van der Waals surface area contributed by atoms with Crippen molar-refractivity contribution < 1.29 is 19.1 Å². The first-order chi connectivity index (χ1) is 16.0. The monoisotopic (exact) mass is 464 g/mol. The molecule has 4 rings (SSSR count). The zero-order valence-corrected chi connectivity index (χ0v) is 19.4. The average molecular weight is 465 g/mol. The molecule has 1 aromatic carbocycles. The quantitative estimate of drug-likeness (QED) is 0.627. The second kappa shape index (κ2) is 9.91. The minimum atomic E-state index is -0.536. The molecule has 1 N–H and O–H groups in total. The van der Waals surface area contributed by atoms with Crippen LogP contribution in [-0.4, -0.2) is 41.1 Å². The highest BCUT2D eigenvalue weighted by molar-refractivity contribution is 8.16. The van der Waals surface area contributed by atoms with Crippen molar-refractivity contribution in [1.82, 2.24) is 15.2 Å². The molecule has 2 aromatic rings. The van der Waals surface area contributed by atoms with Gasteiger partial charge in [0.25, 0.3) is 0 Å². The molecule has 9 heteroatoms. The largest absolute Gasteiger partial charge is 0.496 e. The second-order valence-electron chi connectivity index (χ2n) is 7.40. The number of hydrogen-bond acceptors (Lipinski definition) is 8. The summed E-state index contributed by atoms with van der Waals surface area (Å²) in [5.41, 5.74) is 3.29. The fraction of sp³-hybridized carbons (Fsp3) is 0.250. The molecule has 1 amide bonds. The highest BCUT2D eigenvalue weighted by Crippen LogP contribution is 2.46. The van der Waals surface area contributed by atoms with Crippen LogP contribution in [0.1, 0.15) is 30.6 Å². The number of carbonyl (C=O) groups is 2. The molecule has 0 aliphatic carbocycles. The highest BCUT2D eigenvalue weighted by Gasteiger charge is 2.42. The average Bonchev–Trinajstić information content (AvgIpc) is 3.23. The minimum Gasteiger partial charge on any atom is -0.496 e. The lowest BCUT2D eigenvalue weighted by molar-refractivity contribution is -0.136. The van der Waals surface area contributed by atoms with Gasteiger partial charge in [-0.2, -0.15) is 0 Å². The number of thioether (sulfide) groups is 1. The van der Waals surface area contributed by atoms with Gasteiger partial charge in [0.15, 0.2) is 5.17 Å². The van der Waals surface area contributed by atoms with E-state index in [0.29, 0.717) is 28.7 Å². The Kier molecular flexibility index (Phi) is 6.79. The van der Waals surface area contributed by atoms with E-state index in [1.807, 2.05) is 52.8 Å². The predicted octanol–water partition coefficient (Wildman–Crippen LogP) is 3.54. The number of ether oxygens (including phenoxy) is 2. The van der Waals surface area contributed by atoms with E-state index in [2.05, 4.69) is 15.3 Å². The first kappa shape index (κ1) is 22.6. The summed E-state index contributed by atoms with van der Waals surface area (Å²) in [4.78, 5) is 36.4. The van der Waals surface area contributed by atoms with Crippen LogP contribution in [0.25, 0.3) is 0 Å². The Morgan fingerprint density at radius 2 is 1.94 bits per heavy atom. The number of aromatic nitrogens is 1. The van der Waals surface area contributed by atoms with E-state index in [4.69, 9.17) is 9.47 Å². The molecular weight excluding hydrogens is 440 g/mol. The number of esters is 1. The van der Waals surface area contributed by atoms with Gasteiger partial charge in [-0.3, -0.25) is 9.78 Å². The maximum absolute atomic E-state index is 12.8. The topological polar surface area (TPSA) is 93.1 Å². The van der Waals surface area contributed by atoms with Crippen molar-refractivity contribution in [2.24, 2.45) is 4.99 Å². The molecule has 3 heterocycles. The maximum Gasteiger partial charge on any atom is 0.338 e. The van der Waals surface area contributed by atoms with E-state index in [9.17, 15) is 9.59 Å². The van der Waals surface area contributed by atoms with Crippen molar-refractivity contribution in [3.05, 3.63) is 82.3 Å². The van der Waals surface area contributed by atoms with E-state index in [1.165, 1.54) is 18.9 Å². The molecule has 33 heavy (non-hydrogen) atoms. The van der Waals surface area contributed by atoms with Gasteiger partial charge in [0.1, 0.15) is 5.75 Å². The van der Waals surface area contributed by atoms with Gasteiger partial charge in [0, 0.05) is 17.5 Å². The lowest BCUT2D eigenvalue weighted by Crippen LogP contribution is -2.38. The van der Waals surface area contributed by atoms with Crippen LogP contribution in [0.15, 0.2) is 76.0 Å². The summed E-state index contributed by atoms with van der Waals surface area (Å²) < 4.78 is 10.7. The zero-order chi connectivity index (χ0) is 23.4. The summed E-state index contributed by atoms with van der Waals surface area (Å²) in [6.45, 7) is 2.13. The normalized spacial score (nSPS) is 17.2. The molecule has 0 unspecified atom stereocenters. The van der Waals surface area contributed by atoms with Gasteiger partial charge in [-0.05, 0) is 30.5 Å². The third-order valence-electron chi connectivity index (χ3n) is 5.37. The lowest BCUT2D eigenvalue weighted by atomic mass is 9.93. The molecule has 0 fully saturated rings. The number of nitrogens with zero attached hydrogens (tertiary/aromatic N) is 3. The molecule has 0 spiro atoms. The Morgan fingerprint density at radius 3 is 2.67 bits per heavy atom. The van der Waals surface area contributed by atoms with Crippen LogP contribution >= 0.6 is 11.8 Å². The number of fused-ring (bicyclic) bond motifs is 1. The first-order valence-corrected chi connectivity index (χ1v) is 11.2. The van der Waals surface area contributed by atoms with Gasteiger partial charge in [-0.25, -0.2) is 9.79 Å². The third-order valence-corrected chi connectivity index (χ3v) is 6.26. The number of hydrogen-bond donors (Lipinski definition) is 1. The van der Waals surface area contributed by atoms with Gasteiger partial charge in [0.05, 0.1) is 50.2 Å². The first-order valence-electron chi connectivity index (χ1n) is 10.4. The van der Waals surface area contributed by atoms with Crippen LogP contribution in [0.4, 0.5) is 0 Å². The van der Waals surface area contributed by atoms with Gasteiger partial charge < -0.3 is 19.7 Å². The van der Waals surface area contributed by atoms with Crippen molar-refractivity contribution in [2.75, 3.05) is 14.2 Å². The van der Waals surface area contributed by atoms with E-state index >= 15 is 0 Å². The van der Waals surface area contributed by atoms with Gasteiger partial charge >= 0.3 is 5.97 Å². The number of methoxy groups -OCH3 is 2. The summed E-state index contributed by atoms with van der Waals surface area (Å²) in [7, 11) is 2.94. The number of para-hydroxylation sites is 1. The molecule has 1 aromatic heterocycles. The lowest BCUT2D eigenvalue weighted by Gasteiger charge is -2.36. The van der Waals surface area contributed by atoms with Crippen LogP contribution < -0.4 is 10.1 Å². The van der Waals surface area contributed by atoms with E-state index in [0.717, 1.165) is 17.0 Å². The Hall–Kier alpha value is -3.59. The maximum atomic E-state index is 12.8. The van der Waals surface area contributed by atoms with Gasteiger partial charge in [-0.15, -0.1) is 0 Å². The fourth-order valence-corrected chi connectivity index (χ4v) is 4.81. The SMILES string of the molecule is COC(=O)C1=C(C)N=C2SC=C(CC(=O)NCc3ccccn3)N2[C@@H]1c1ccccc1OC. The molecule has 0 saturated heterocycles. The number of rotatable bonds is 7. The zero-order valence-electron chi connectivity index (χ0n) is 18.6. The van der Waals surface area contributed by atoms with Crippen LogP contribution in [0.3, 0.4) is 0 Å². The summed E-state index contributed by atoms with van der Waals surface area (Å²) in [6.07, 6.45) is 1.81. The molecule has 2 aliphatic rings. The molecule has 170 valence electrons. The summed E-state index contributed by atoms with van der Waals surface area (Å²) >= 11 is 1.42. The van der Waals surface area contributed by atoms with Crippen molar-refractivity contribution in [3.8, 4) is 5.75 Å². The van der Waals surface area contributed by atoms with Crippen molar-refractivity contribution in [2.45, 2.75) is 25.9 Å². The highest BCUT2D eigenvalue weighted by atomic mass is 32.2. The number of amidine groups is 1.